The van der Waals surface area contributed by atoms with Gasteiger partial charge in [-0.1, -0.05) is 32.0 Å². The summed E-state index contributed by atoms with van der Waals surface area (Å²) < 4.78 is 0. The van der Waals surface area contributed by atoms with Gasteiger partial charge in [-0.3, -0.25) is 0 Å². The first kappa shape index (κ1) is 12.1. The van der Waals surface area contributed by atoms with E-state index < -0.39 is 0 Å². The molecule has 0 saturated carbocycles. The second kappa shape index (κ2) is 7.30. The van der Waals surface area contributed by atoms with Crippen LogP contribution in [-0.2, 0) is 0 Å². The zero-order valence-electron chi connectivity index (χ0n) is 9.79. The highest BCUT2D eigenvalue weighted by atomic mass is 14.9. The standard InChI is InChI=1S/C13H22N2/c1-12(2)11-14-9-6-10-15-13-7-4-3-5-8-13/h3-5,7-8,12,14-15H,6,9-11H2,1-2H3. The lowest BCUT2D eigenvalue weighted by atomic mass is 10.2. The van der Waals surface area contributed by atoms with E-state index in [1.54, 1.807) is 0 Å². The van der Waals surface area contributed by atoms with Gasteiger partial charge in [-0.15, -0.1) is 0 Å². The summed E-state index contributed by atoms with van der Waals surface area (Å²) in [4.78, 5) is 0. The van der Waals surface area contributed by atoms with Crippen LogP contribution in [-0.4, -0.2) is 19.6 Å². The van der Waals surface area contributed by atoms with Crippen molar-refractivity contribution in [3.8, 4) is 0 Å². The zero-order chi connectivity index (χ0) is 10.9. The van der Waals surface area contributed by atoms with Crippen molar-refractivity contribution < 1.29 is 0 Å². The van der Waals surface area contributed by atoms with E-state index in [0.29, 0.717) is 0 Å². The average molecular weight is 206 g/mol. The average Bonchev–Trinajstić information content (AvgIpc) is 2.24. The van der Waals surface area contributed by atoms with Gasteiger partial charge in [0.1, 0.15) is 0 Å². The summed E-state index contributed by atoms with van der Waals surface area (Å²) in [6.45, 7) is 7.71. The van der Waals surface area contributed by atoms with E-state index in [2.05, 4.69) is 48.7 Å². The van der Waals surface area contributed by atoms with Gasteiger partial charge < -0.3 is 10.6 Å². The molecule has 2 heteroatoms. The molecule has 1 aromatic rings. The Labute approximate surface area is 93.1 Å². The second-order valence-electron chi connectivity index (χ2n) is 4.24. The van der Waals surface area contributed by atoms with Crippen LogP contribution < -0.4 is 10.6 Å². The van der Waals surface area contributed by atoms with Crippen molar-refractivity contribution in [2.75, 3.05) is 25.0 Å². The quantitative estimate of drug-likeness (QED) is 0.670. The van der Waals surface area contributed by atoms with Crippen molar-refractivity contribution in [2.45, 2.75) is 20.3 Å². The molecule has 1 aromatic carbocycles. The number of hydrogen-bond donors (Lipinski definition) is 2. The molecular formula is C13H22N2. The minimum Gasteiger partial charge on any atom is -0.385 e. The lowest BCUT2D eigenvalue weighted by molar-refractivity contribution is 0.547. The Morgan fingerprint density at radius 3 is 2.47 bits per heavy atom. The lowest BCUT2D eigenvalue weighted by Gasteiger charge is -2.08. The molecule has 0 bridgehead atoms. The summed E-state index contributed by atoms with van der Waals surface area (Å²) in [6, 6.07) is 10.3. The summed E-state index contributed by atoms with van der Waals surface area (Å²) >= 11 is 0. The zero-order valence-corrected chi connectivity index (χ0v) is 9.79. The van der Waals surface area contributed by atoms with E-state index >= 15 is 0 Å². The smallest absolute Gasteiger partial charge is 0.0340 e. The first-order valence-electron chi connectivity index (χ1n) is 5.78. The molecule has 0 heterocycles. The molecule has 0 aliphatic rings. The van der Waals surface area contributed by atoms with Gasteiger partial charge in [0.25, 0.3) is 0 Å². The summed E-state index contributed by atoms with van der Waals surface area (Å²) in [6.07, 6.45) is 1.17. The summed E-state index contributed by atoms with van der Waals surface area (Å²) in [5.74, 6) is 0.743. The normalized spacial score (nSPS) is 10.6. The first-order chi connectivity index (χ1) is 7.29. The monoisotopic (exact) mass is 206 g/mol. The minimum atomic E-state index is 0.743. The Bertz CT molecular complexity index is 244. The van der Waals surface area contributed by atoms with Gasteiger partial charge in [0, 0.05) is 12.2 Å². The molecule has 84 valence electrons. The highest BCUT2D eigenvalue weighted by Crippen LogP contribution is 2.04. The summed E-state index contributed by atoms with van der Waals surface area (Å²) in [7, 11) is 0. The van der Waals surface area contributed by atoms with Crippen molar-refractivity contribution in [1.82, 2.24) is 5.32 Å². The fraction of sp³-hybridized carbons (Fsp3) is 0.538. The Balaban J connectivity index is 1.98. The van der Waals surface area contributed by atoms with Crippen molar-refractivity contribution in [1.29, 1.82) is 0 Å². The third-order valence-electron chi connectivity index (χ3n) is 2.19. The molecule has 0 aliphatic carbocycles. The SMILES string of the molecule is CC(C)CNCCCNc1ccccc1. The van der Waals surface area contributed by atoms with Crippen molar-refractivity contribution in [3.63, 3.8) is 0 Å². The van der Waals surface area contributed by atoms with Crippen LogP contribution in [0.2, 0.25) is 0 Å². The van der Waals surface area contributed by atoms with Crippen LogP contribution in [0.5, 0.6) is 0 Å². The van der Waals surface area contributed by atoms with E-state index in [1.807, 2.05) is 6.07 Å². The lowest BCUT2D eigenvalue weighted by Crippen LogP contribution is -2.22. The molecule has 2 N–H and O–H groups in total. The fourth-order valence-corrected chi connectivity index (χ4v) is 1.39. The molecule has 1 rings (SSSR count). The van der Waals surface area contributed by atoms with E-state index in [4.69, 9.17) is 0 Å². The third kappa shape index (κ3) is 6.13. The van der Waals surface area contributed by atoms with Gasteiger partial charge in [0.2, 0.25) is 0 Å². The Morgan fingerprint density at radius 2 is 1.80 bits per heavy atom. The first-order valence-corrected chi connectivity index (χ1v) is 5.78. The van der Waals surface area contributed by atoms with Gasteiger partial charge in [0.05, 0.1) is 0 Å². The minimum absolute atomic E-state index is 0.743. The maximum Gasteiger partial charge on any atom is 0.0340 e. The van der Waals surface area contributed by atoms with Crippen LogP contribution in [0, 0.1) is 5.92 Å². The largest absolute Gasteiger partial charge is 0.385 e. The van der Waals surface area contributed by atoms with Crippen LogP contribution >= 0.6 is 0 Å². The molecule has 0 radical (unpaired) electrons. The highest BCUT2D eigenvalue weighted by Gasteiger charge is 1.92. The molecule has 2 nitrogen and oxygen atoms in total. The summed E-state index contributed by atoms with van der Waals surface area (Å²) in [5.41, 5.74) is 1.21. The topological polar surface area (TPSA) is 24.1 Å². The van der Waals surface area contributed by atoms with Gasteiger partial charge in [-0.2, -0.15) is 0 Å². The van der Waals surface area contributed by atoms with E-state index in [0.717, 1.165) is 25.6 Å². The fourth-order valence-electron chi connectivity index (χ4n) is 1.39. The molecule has 0 saturated heterocycles. The molecule has 0 aliphatic heterocycles. The molecular weight excluding hydrogens is 184 g/mol. The third-order valence-corrected chi connectivity index (χ3v) is 2.19. The molecule has 15 heavy (non-hydrogen) atoms. The van der Waals surface area contributed by atoms with Crippen LogP contribution in [0.15, 0.2) is 30.3 Å². The Kier molecular flexibility index (Phi) is 5.86. The van der Waals surface area contributed by atoms with Crippen LogP contribution in [0.3, 0.4) is 0 Å². The number of nitrogens with one attached hydrogen (secondary N) is 2. The van der Waals surface area contributed by atoms with Gasteiger partial charge >= 0.3 is 0 Å². The maximum absolute atomic E-state index is 3.43. The molecule has 0 amide bonds. The maximum atomic E-state index is 3.43. The molecule has 0 fully saturated rings. The van der Waals surface area contributed by atoms with Crippen molar-refractivity contribution in [2.24, 2.45) is 5.92 Å². The second-order valence-corrected chi connectivity index (χ2v) is 4.24. The molecule has 0 unspecified atom stereocenters. The van der Waals surface area contributed by atoms with Crippen molar-refractivity contribution in [3.05, 3.63) is 30.3 Å². The van der Waals surface area contributed by atoms with E-state index in [9.17, 15) is 0 Å². The molecule has 0 aromatic heterocycles. The van der Waals surface area contributed by atoms with E-state index in [1.165, 1.54) is 12.1 Å². The van der Waals surface area contributed by atoms with Gasteiger partial charge in [-0.25, -0.2) is 0 Å². The van der Waals surface area contributed by atoms with Gasteiger partial charge in [-0.05, 0) is 37.6 Å². The number of anilines is 1. The number of rotatable bonds is 7. The molecule has 0 spiro atoms. The van der Waals surface area contributed by atoms with Crippen molar-refractivity contribution >= 4 is 5.69 Å². The number of benzene rings is 1. The Hall–Kier alpha value is -1.02. The van der Waals surface area contributed by atoms with E-state index in [-0.39, 0.29) is 0 Å². The number of para-hydroxylation sites is 1. The Morgan fingerprint density at radius 1 is 1.07 bits per heavy atom. The predicted molar refractivity (Wildman–Crippen MR) is 67.3 cm³/mol. The van der Waals surface area contributed by atoms with Crippen LogP contribution in [0.1, 0.15) is 20.3 Å². The number of hydrogen-bond acceptors (Lipinski definition) is 2. The van der Waals surface area contributed by atoms with Crippen LogP contribution in [0.4, 0.5) is 5.69 Å². The summed E-state index contributed by atoms with van der Waals surface area (Å²) in [5, 5.41) is 6.82. The van der Waals surface area contributed by atoms with Gasteiger partial charge in [0.15, 0.2) is 0 Å². The molecule has 0 atom stereocenters. The van der Waals surface area contributed by atoms with Crippen LogP contribution in [0.25, 0.3) is 0 Å². The predicted octanol–water partition coefficient (Wildman–Crippen LogP) is 2.73. The highest BCUT2D eigenvalue weighted by molar-refractivity contribution is 5.42.